The molecule has 1 aliphatic rings. The second-order valence-corrected chi connectivity index (χ2v) is 7.77. The minimum absolute atomic E-state index is 0.312. The van der Waals surface area contributed by atoms with Crippen molar-refractivity contribution in [2.75, 3.05) is 13.2 Å². The van der Waals surface area contributed by atoms with Crippen molar-refractivity contribution in [3.63, 3.8) is 0 Å². The van der Waals surface area contributed by atoms with Crippen LogP contribution in [0, 0.1) is 5.82 Å². The Morgan fingerprint density at radius 1 is 1.38 bits per heavy atom. The summed E-state index contributed by atoms with van der Waals surface area (Å²) in [5.41, 5.74) is -0.845. The van der Waals surface area contributed by atoms with E-state index in [0.29, 0.717) is 26.1 Å². The predicted molar refractivity (Wildman–Crippen MR) is 75.4 cm³/mol. The first-order chi connectivity index (χ1) is 9.71. The molecule has 5 nitrogen and oxygen atoms in total. The quantitative estimate of drug-likeness (QED) is 0.858. The molecule has 0 bridgehead atoms. The largest absolute Gasteiger partial charge is 0.381 e. The van der Waals surface area contributed by atoms with Crippen molar-refractivity contribution in [2.24, 2.45) is 0 Å². The number of hydrogen-bond donors (Lipinski definition) is 1. The second-order valence-electron chi connectivity index (χ2n) is 5.21. The molecule has 1 aromatic carbocycles. The van der Waals surface area contributed by atoms with Gasteiger partial charge in [-0.1, -0.05) is 0 Å². The fourth-order valence-electron chi connectivity index (χ4n) is 2.12. The van der Waals surface area contributed by atoms with Crippen LogP contribution in [-0.4, -0.2) is 33.1 Å². The highest BCUT2D eigenvalue weighted by Crippen LogP contribution is 2.22. The molecule has 0 radical (unpaired) electrons. The number of hydrogen-bond acceptors (Lipinski definition) is 4. The zero-order valence-electron chi connectivity index (χ0n) is 11.4. The third-order valence-electron chi connectivity index (χ3n) is 3.48. The summed E-state index contributed by atoms with van der Waals surface area (Å²) in [6.45, 7) is 2.86. The van der Waals surface area contributed by atoms with Gasteiger partial charge in [-0.15, -0.1) is 0 Å². The third kappa shape index (κ3) is 3.93. The molecule has 1 saturated heterocycles. The van der Waals surface area contributed by atoms with Crippen molar-refractivity contribution in [3.05, 3.63) is 29.6 Å². The lowest BCUT2D eigenvalue weighted by atomic mass is 9.92. The lowest BCUT2D eigenvalue weighted by molar-refractivity contribution is 0.0421. The standard InChI is InChI=1S/C13H15ClFNO4S/c1-13(4-6-20-7-5-13)16-12(17)10-8-9(21(14,18)19)2-3-11(10)15/h2-3,8H,4-7H2,1H3,(H,16,17). The summed E-state index contributed by atoms with van der Waals surface area (Å²) in [5, 5.41) is 2.73. The number of carbonyl (C=O) groups excluding carboxylic acids is 1. The van der Waals surface area contributed by atoms with Crippen LogP contribution in [0.3, 0.4) is 0 Å². The van der Waals surface area contributed by atoms with Crippen LogP contribution >= 0.6 is 10.7 Å². The molecule has 0 aromatic heterocycles. The highest BCUT2D eigenvalue weighted by Gasteiger charge is 2.30. The Hall–Kier alpha value is -1.18. The first-order valence-corrected chi connectivity index (χ1v) is 8.67. The van der Waals surface area contributed by atoms with E-state index in [1.165, 1.54) is 0 Å². The van der Waals surface area contributed by atoms with E-state index >= 15 is 0 Å². The molecule has 1 aliphatic heterocycles. The molecule has 0 aliphatic carbocycles. The molecule has 0 saturated carbocycles. The third-order valence-corrected chi connectivity index (χ3v) is 4.83. The summed E-state index contributed by atoms with van der Waals surface area (Å²) < 4.78 is 41.5. The fraction of sp³-hybridized carbons (Fsp3) is 0.462. The second kappa shape index (κ2) is 5.90. The lowest BCUT2D eigenvalue weighted by Gasteiger charge is -2.34. The van der Waals surface area contributed by atoms with Gasteiger partial charge in [0.05, 0.1) is 10.5 Å². The van der Waals surface area contributed by atoms with Crippen LogP contribution < -0.4 is 5.32 Å². The smallest absolute Gasteiger partial charge is 0.261 e. The molecule has 8 heteroatoms. The molecule has 21 heavy (non-hydrogen) atoms. The molecule has 1 fully saturated rings. The zero-order valence-corrected chi connectivity index (χ0v) is 12.9. The van der Waals surface area contributed by atoms with Crippen LogP contribution in [-0.2, 0) is 13.8 Å². The van der Waals surface area contributed by atoms with Gasteiger partial charge in [0.1, 0.15) is 5.82 Å². The van der Waals surface area contributed by atoms with Gasteiger partial charge in [0, 0.05) is 29.4 Å². The minimum Gasteiger partial charge on any atom is -0.381 e. The molecular weight excluding hydrogens is 321 g/mol. The van der Waals surface area contributed by atoms with E-state index in [9.17, 15) is 17.6 Å². The molecule has 1 amide bonds. The van der Waals surface area contributed by atoms with Crippen LogP contribution in [0.2, 0.25) is 0 Å². The van der Waals surface area contributed by atoms with Crippen LogP contribution in [0.4, 0.5) is 4.39 Å². The van der Waals surface area contributed by atoms with E-state index in [1.54, 1.807) is 0 Å². The van der Waals surface area contributed by atoms with Crippen LogP contribution in [0.1, 0.15) is 30.1 Å². The number of amides is 1. The number of ether oxygens (including phenoxy) is 1. The highest BCUT2D eigenvalue weighted by molar-refractivity contribution is 8.13. The first-order valence-electron chi connectivity index (χ1n) is 6.36. The van der Waals surface area contributed by atoms with E-state index in [1.807, 2.05) is 6.92 Å². The van der Waals surface area contributed by atoms with Gasteiger partial charge in [0.2, 0.25) is 0 Å². The Morgan fingerprint density at radius 3 is 2.57 bits per heavy atom. The molecular formula is C13H15ClFNO4S. The van der Waals surface area contributed by atoms with E-state index < -0.39 is 26.3 Å². The van der Waals surface area contributed by atoms with Gasteiger partial charge in [0.15, 0.2) is 0 Å². The number of benzene rings is 1. The average Bonchev–Trinajstić information content (AvgIpc) is 2.38. The Balaban J connectivity index is 2.26. The van der Waals surface area contributed by atoms with Crippen molar-refractivity contribution >= 4 is 25.6 Å². The first kappa shape index (κ1) is 16.2. The summed E-state index contributed by atoms with van der Waals surface area (Å²) in [4.78, 5) is 11.9. The summed E-state index contributed by atoms with van der Waals surface area (Å²) in [5.74, 6) is -1.47. The Morgan fingerprint density at radius 2 is 2.00 bits per heavy atom. The lowest BCUT2D eigenvalue weighted by Crippen LogP contribution is -2.49. The number of rotatable bonds is 3. The van der Waals surface area contributed by atoms with Gasteiger partial charge in [0.25, 0.3) is 15.0 Å². The topological polar surface area (TPSA) is 72.5 Å². The van der Waals surface area contributed by atoms with Gasteiger partial charge in [-0.25, -0.2) is 12.8 Å². The molecule has 0 unspecified atom stereocenters. The van der Waals surface area contributed by atoms with Gasteiger partial charge >= 0.3 is 0 Å². The van der Waals surface area contributed by atoms with Crippen molar-refractivity contribution in [2.45, 2.75) is 30.2 Å². The monoisotopic (exact) mass is 335 g/mol. The van der Waals surface area contributed by atoms with Crippen LogP contribution in [0.25, 0.3) is 0 Å². The molecule has 116 valence electrons. The van der Waals surface area contributed by atoms with E-state index in [4.69, 9.17) is 15.4 Å². The maximum absolute atomic E-state index is 13.8. The Bertz CT molecular complexity index is 656. The number of halogens is 2. The summed E-state index contributed by atoms with van der Waals surface area (Å²) >= 11 is 0. The predicted octanol–water partition coefficient (Wildman–Crippen LogP) is 2.05. The zero-order chi connectivity index (χ0) is 15.7. The summed E-state index contributed by atoms with van der Waals surface area (Å²) in [6, 6.07) is 2.87. The maximum atomic E-state index is 13.8. The molecule has 1 aromatic rings. The normalized spacial score (nSPS) is 18.2. The Kier molecular flexibility index (Phi) is 4.55. The number of nitrogens with one attached hydrogen (secondary N) is 1. The van der Waals surface area contributed by atoms with Crippen molar-refractivity contribution in [3.8, 4) is 0 Å². The van der Waals surface area contributed by atoms with Crippen molar-refractivity contribution in [1.82, 2.24) is 5.32 Å². The number of carbonyl (C=O) groups is 1. The van der Waals surface area contributed by atoms with Crippen LogP contribution in [0.5, 0.6) is 0 Å². The average molecular weight is 336 g/mol. The highest BCUT2D eigenvalue weighted by atomic mass is 35.7. The van der Waals surface area contributed by atoms with E-state index in [0.717, 1.165) is 18.2 Å². The molecule has 0 atom stereocenters. The molecule has 0 spiro atoms. The van der Waals surface area contributed by atoms with Crippen LogP contribution in [0.15, 0.2) is 23.1 Å². The van der Waals surface area contributed by atoms with Crippen molar-refractivity contribution in [1.29, 1.82) is 0 Å². The molecule has 1 N–H and O–H groups in total. The van der Waals surface area contributed by atoms with Gasteiger partial charge in [-0.05, 0) is 38.0 Å². The van der Waals surface area contributed by atoms with Gasteiger partial charge in [-0.2, -0.15) is 0 Å². The summed E-state index contributed by atoms with van der Waals surface area (Å²) in [6.07, 6.45) is 1.21. The maximum Gasteiger partial charge on any atom is 0.261 e. The van der Waals surface area contributed by atoms with Crippen molar-refractivity contribution < 1.29 is 22.3 Å². The summed E-state index contributed by atoms with van der Waals surface area (Å²) in [7, 11) is 1.19. The molecule has 2 rings (SSSR count). The van der Waals surface area contributed by atoms with E-state index in [-0.39, 0.29) is 10.5 Å². The Labute approximate surface area is 126 Å². The molecule has 1 heterocycles. The fourth-order valence-corrected chi connectivity index (χ4v) is 2.90. The SMILES string of the molecule is CC1(NC(=O)c2cc(S(=O)(=O)Cl)ccc2F)CCOCC1. The van der Waals surface area contributed by atoms with Gasteiger partial charge in [-0.3, -0.25) is 4.79 Å². The minimum atomic E-state index is -4.02. The van der Waals surface area contributed by atoms with E-state index in [2.05, 4.69) is 5.32 Å². The van der Waals surface area contributed by atoms with Gasteiger partial charge < -0.3 is 10.1 Å².